The van der Waals surface area contributed by atoms with Crippen molar-refractivity contribution in [1.82, 2.24) is 4.72 Å². The summed E-state index contributed by atoms with van der Waals surface area (Å²) in [6, 6.07) is 2.65. The van der Waals surface area contributed by atoms with E-state index in [9.17, 15) is 30.0 Å². The van der Waals surface area contributed by atoms with E-state index < -0.39 is 44.0 Å². The zero-order valence-corrected chi connectivity index (χ0v) is 14.4. The normalized spacial score (nSPS) is 13.1. The molecule has 1 rings (SSSR count). The molecule has 0 spiro atoms. The number of anilines is 1. The topological polar surface area (TPSA) is 83.6 Å². The van der Waals surface area contributed by atoms with E-state index >= 15 is 0 Å². The summed E-state index contributed by atoms with van der Waals surface area (Å²) < 4.78 is 87.4. The standard InChI is InChI=1S/C11H14ClF3N2O4S2/c1-22(18,19)16-5-6-17(23(2,20)21)10-4-3-8(12)7-9(10)11(13,14)15/h3-4,7,16H,5-6H2,1-2H3. The molecule has 0 saturated carbocycles. The number of halogens is 4. The molecule has 0 amide bonds. The van der Waals surface area contributed by atoms with Crippen LogP contribution in [0.3, 0.4) is 0 Å². The molecule has 0 radical (unpaired) electrons. The molecule has 0 aromatic heterocycles. The van der Waals surface area contributed by atoms with E-state index in [0.717, 1.165) is 24.6 Å². The third kappa shape index (κ3) is 6.16. The first-order valence-corrected chi connectivity index (χ1v) is 10.1. The van der Waals surface area contributed by atoms with Crippen LogP contribution in [0.1, 0.15) is 5.56 Å². The Morgan fingerprint density at radius 1 is 1.17 bits per heavy atom. The summed E-state index contributed by atoms with van der Waals surface area (Å²) >= 11 is 5.55. The van der Waals surface area contributed by atoms with E-state index in [0.29, 0.717) is 10.4 Å². The van der Waals surface area contributed by atoms with Crippen LogP contribution in [0, 0.1) is 0 Å². The van der Waals surface area contributed by atoms with E-state index in [1.165, 1.54) is 0 Å². The lowest BCUT2D eigenvalue weighted by Gasteiger charge is -2.25. The number of nitrogens with one attached hydrogen (secondary N) is 1. The van der Waals surface area contributed by atoms with Gasteiger partial charge in [-0.15, -0.1) is 0 Å². The molecule has 0 unspecified atom stereocenters. The largest absolute Gasteiger partial charge is 0.418 e. The van der Waals surface area contributed by atoms with Gasteiger partial charge in [0.15, 0.2) is 0 Å². The molecule has 0 aliphatic heterocycles. The van der Waals surface area contributed by atoms with Gasteiger partial charge in [-0.1, -0.05) is 11.6 Å². The van der Waals surface area contributed by atoms with E-state index in [1.54, 1.807) is 0 Å². The van der Waals surface area contributed by atoms with Crippen LogP contribution in [0.25, 0.3) is 0 Å². The Morgan fingerprint density at radius 2 is 1.74 bits per heavy atom. The Balaban J connectivity index is 3.29. The third-order valence-electron chi connectivity index (χ3n) is 2.61. The zero-order chi connectivity index (χ0) is 18.1. The maximum atomic E-state index is 13.1. The Morgan fingerprint density at radius 3 is 2.17 bits per heavy atom. The molecule has 0 bridgehead atoms. The smallest absolute Gasteiger partial charge is 0.269 e. The van der Waals surface area contributed by atoms with Crippen molar-refractivity contribution in [3.05, 3.63) is 28.8 Å². The first-order valence-electron chi connectivity index (χ1n) is 6.01. The second kappa shape index (κ2) is 6.83. The lowest BCUT2D eigenvalue weighted by atomic mass is 10.1. The van der Waals surface area contributed by atoms with E-state index in [-0.39, 0.29) is 11.6 Å². The van der Waals surface area contributed by atoms with Gasteiger partial charge in [0.2, 0.25) is 20.0 Å². The fraction of sp³-hybridized carbons (Fsp3) is 0.455. The van der Waals surface area contributed by atoms with Crippen molar-refractivity contribution in [2.24, 2.45) is 0 Å². The van der Waals surface area contributed by atoms with E-state index in [1.807, 2.05) is 4.72 Å². The van der Waals surface area contributed by atoms with Gasteiger partial charge in [0.05, 0.1) is 23.8 Å². The highest BCUT2D eigenvalue weighted by Crippen LogP contribution is 2.38. The summed E-state index contributed by atoms with van der Waals surface area (Å²) in [4.78, 5) is 0. The number of hydrogen-bond donors (Lipinski definition) is 1. The van der Waals surface area contributed by atoms with Crippen LogP contribution < -0.4 is 9.03 Å². The molecular formula is C11H14ClF3N2O4S2. The van der Waals surface area contributed by atoms with Gasteiger partial charge < -0.3 is 0 Å². The Bertz CT molecular complexity index is 779. The van der Waals surface area contributed by atoms with Crippen molar-refractivity contribution >= 4 is 37.3 Å². The van der Waals surface area contributed by atoms with Crippen molar-refractivity contribution in [2.75, 3.05) is 29.9 Å². The van der Waals surface area contributed by atoms with Crippen LogP contribution in [0.15, 0.2) is 18.2 Å². The molecule has 0 aliphatic rings. The number of alkyl halides is 3. The van der Waals surface area contributed by atoms with Crippen LogP contribution in [0.2, 0.25) is 5.02 Å². The predicted octanol–water partition coefficient (Wildman–Crippen LogP) is 1.67. The van der Waals surface area contributed by atoms with Crippen molar-refractivity contribution in [2.45, 2.75) is 6.18 Å². The van der Waals surface area contributed by atoms with Crippen LogP contribution in [-0.2, 0) is 26.2 Å². The van der Waals surface area contributed by atoms with Crippen LogP contribution in [-0.4, -0.2) is 42.4 Å². The molecule has 23 heavy (non-hydrogen) atoms. The van der Waals surface area contributed by atoms with Gasteiger partial charge in [0, 0.05) is 18.1 Å². The second-order valence-corrected chi connectivity index (χ2v) is 8.84. The molecule has 0 saturated heterocycles. The minimum absolute atomic E-state index is 0.205. The van der Waals surface area contributed by atoms with Gasteiger partial charge in [-0.3, -0.25) is 4.31 Å². The quantitative estimate of drug-likeness (QED) is 0.795. The molecule has 0 heterocycles. The van der Waals surface area contributed by atoms with Crippen molar-refractivity contribution < 1.29 is 30.0 Å². The highest BCUT2D eigenvalue weighted by atomic mass is 35.5. The summed E-state index contributed by atoms with van der Waals surface area (Å²) in [5.41, 5.74) is -1.85. The van der Waals surface area contributed by atoms with Gasteiger partial charge in [-0.05, 0) is 18.2 Å². The Labute approximate surface area is 137 Å². The van der Waals surface area contributed by atoms with Crippen LogP contribution in [0.5, 0.6) is 0 Å². The maximum Gasteiger partial charge on any atom is 0.418 e. The molecule has 0 atom stereocenters. The predicted molar refractivity (Wildman–Crippen MR) is 81.5 cm³/mol. The van der Waals surface area contributed by atoms with Crippen molar-refractivity contribution in [3.63, 3.8) is 0 Å². The number of benzene rings is 1. The maximum absolute atomic E-state index is 13.1. The van der Waals surface area contributed by atoms with Crippen LogP contribution >= 0.6 is 11.6 Å². The summed E-state index contributed by atoms with van der Waals surface area (Å²) in [5, 5.41) is -0.205. The van der Waals surface area contributed by atoms with Crippen molar-refractivity contribution in [3.8, 4) is 0 Å². The van der Waals surface area contributed by atoms with Gasteiger partial charge in [0.1, 0.15) is 0 Å². The molecule has 0 aliphatic carbocycles. The molecule has 6 nitrogen and oxygen atoms in total. The van der Waals surface area contributed by atoms with E-state index in [2.05, 4.69) is 0 Å². The molecule has 0 fully saturated rings. The average molecular weight is 395 g/mol. The number of sulfonamides is 2. The Hall–Kier alpha value is -1.04. The van der Waals surface area contributed by atoms with Gasteiger partial charge in [-0.25, -0.2) is 21.6 Å². The van der Waals surface area contributed by atoms with Crippen molar-refractivity contribution in [1.29, 1.82) is 0 Å². The SMILES string of the molecule is CS(=O)(=O)NCCN(c1ccc(Cl)cc1C(F)(F)F)S(C)(=O)=O. The molecule has 132 valence electrons. The number of rotatable bonds is 6. The summed E-state index contributed by atoms with van der Waals surface area (Å²) in [6.45, 7) is -0.886. The number of nitrogens with zero attached hydrogens (tertiary/aromatic N) is 1. The van der Waals surface area contributed by atoms with Crippen LogP contribution in [0.4, 0.5) is 18.9 Å². The monoisotopic (exact) mass is 394 g/mol. The van der Waals surface area contributed by atoms with Gasteiger partial charge >= 0.3 is 6.18 Å². The highest BCUT2D eigenvalue weighted by Gasteiger charge is 2.36. The zero-order valence-electron chi connectivity index (χ0n) is 12.1. The minimum atomic E-state index is -4.83. The second-order valence-electron chi connectivity index (χ2n) is 4.66. The lowest BCUT2D eigenvalue weighted by molar-refractivity contribution is -0.137. The summed E-state index contributed by atoms with van der Waals surface area (Å²) in [5.74, 6) is 0. The average Bonchev–Trinajstić information content (AvgIpc) is 2.31. The molecule has 1 aromatic rings. The minimum Gasteiger partial charge on any atom is -0.269 e. The number of hydrogen-bond acceptors (Lipinski definition) is 4. The highest BCUT2D eigenvalue weighted by molar-refractivity contribution is 7.92. The summed E-state index contributed by atoms with van der Waals surface area (Å²) in [6.07, 6.45) is -3.25. The fourth-order valence-corrected chi connectivity index (χ4v) is 3.32. The third-order valence-corrected chi connectivity index (χ3v) is 4.76. The van der Waals surface area contributed by atoms with E-state index in [4.69, 9.17) is 11.6 Å². The molecule has 12 heteroatoms. The lowest BCUT2D eigenvalue weighted by Crippen LogP contribution is -2.38. The first kappa shape index (κ1) is 20.0. The van der Waals surface area contributed by atoms with Gasteiger partial charge in [0.25, 0.3) is 0 Å². The summed E-state index contributed by atoms with van der Waals surface area (Å²) in [7, 11) is -7.68. The van der Waals surface area contributed by atoms with Gasteiger partial charge in [-0.2, -0.15) is 13.2 Å². The molecule has 1 N–H and O–H groups in total. The Kier molecular flexibility index (Phi) is 5.94. The molecular weight excluding hydrogens is 381 g/mol. The molecule has 1 aromatic carbocycles. The first-order chi connectivity index (χ1) is 10.2. The fourth-order valence-electron chi connectivity index (χ4n) is 1.75.